The van der Waals surface area contributed by atoms with Gasteiger partial charge >= 0.3 is 0 Å². The van der Waals surface area contributed by atoms with Crippen molar-refractivity contribution in [2.75, 3.05) is 26.7 Å². The number of hydrogen-bond acceptors (Lipinski definition) is 6. The van der Waals surface area contributed by atoms with Gasteiger partial charge in [-0.15, -0.1) is 0 Å². The first-order chi connectivity index (χ1) is 17.8. The molecule has 0 spiro atoms. The molecule has 1 aromatic rings. The van der Waals surface area contributed by atoms with E-state index >= 15 is 0 Å². The Morgan fingerprint density at radius 1 is 1.16 bits per heavy atom. The quantitative estimate of drug-likeness (QED) is 0.358. The zero-order valence-corrected chi connectivity index (χ0v) is 24.0. The lowest BCUT2D eigenvalue weighted by Gasteiger charge is -2.38. The number of hydrogen-bond donors (Lipinski definition) is 3. The predicted octanol–water partition coefficient (Wildman–Crippen LogP) is 1.88. The third-order valence-electron chi connectivity index (χ3n) is 7.27. The normalized spacial score (nSPS) is 18.0. The Bertz CT molecular complexity index is 946. The summed E-state index contributed by atoms with van der Waals surface area (Å²) in [7, 11) is 1.71. The first-order valence-electron chi connectivity index (χ1n) is 13.7. The van der Waals surface area contributed by atoms with E-state index in [1.54, 1.807) is 18.9 Å². The maximum absolute atomic E-state index is 13.8. The molecule has 0 radical (unpaired) electrons. The van der Waals surface area contributed by atoms with Gasteiger partial charge in [0.15, 0.2) is 0 Å². The maximum atomic E-state index is 13.8. The minimum atomic E-state index is -0.773. The van der Waals surface area contributed by atoms with Gasteiger partial charge < -0.3 is 31.0 Å². The van der Waals surface area contributed by atoms with Crippen LogP contribution in [0.25, 0.3) is 0 Å². The Morgan fingerprint density at radius 3 is 2.39 bits per heavy atom. The van der Waals surface area contributed by atoms with Crippen LogP contribution in [0.3, 0.4) is 0 Å². The van der Waals surface area contributed by atoms with Crippen LogP contribution >= 0.6 is 0 Å². The second kappa shape index (κ2) is 14.4. The van der Waals surface area contributed by atoms with Crippen LogP contribution in [-0.2, 0) is 25.6 Å². The first kappa shape index (κ1) is 31.4. The van der Waals surface area contributed by atoms with E-state index in [0.717, 1.165) is 18.4 Å². The van der Waals surface area contributed by atoms with Gasteiger partial charge in [-0.25, -0.2) is 0 Å². The number of ketones is 1. The fraction of sp³-hybridized carbons (Fsp3) is 0.655. The molecule has 0 saturated carbocycles. The van der Waals surface area contributed by atoms with Crippen LogP contribution in [0.5, 0.6) is 0 Å². The van der Waals surface area contributed by atoms with Crippen molar-refractivity contribution >= 4 is 23.5 Å². The number of nitrogens with one attached hydrogen (secondary N) is 2. The fourth-order valence-electron chi connectivity index (χ4n) is 4.70. The van der Waals surface area contributed by atoms with E-state index in [2.05, 4.69) is 10.6 Å². The van der Waals surface area contributed by atoms with E-state index in [-0.39, 0.29) is 36.0 Å². The van der Waals surface area contributed by atoms with Crippen molar-refractivity contribution in [2.45, 2.75) is 90.9 Å². The average molecular weight is 530 g/mol. The van der Waals surface area contributed by atoms with Gasteiger partial charge in [0.2, 0.25) is 17.7 Å². The highest BCUT2D eigenvalue weighted by molar-refractivity contribution is 5.90. The molecule has 212 valence electrons. The third-order valence-corrected chi connectivity index (χ3v) is 7.27. The number of likely N-dealkylation sites (tertiary alicyclic amines) is 1. The molecule has 1 heterocycles. The van der Waals surface area contributed by atoms with E-state index in [1.165, 1.54) is 6.92 Å². The minimum Gasteiger partial charge on any atom is -0.342 e. The minimum absolute atomic E-state index is 0.000453. The van der Waals surface area contributed by atoms with E-state index in [4.69, 9.17) is 5.73 Å². The summed E-state index contributed by atoms with van der Waals surface area (Å²) in [6.07, 6.45) is 2.80. The molecule has 0 unspecified atom stereocenters. The number of likely N-dealkylation sites (N-methyl/N-ethyl adjacent to an activating group) is 1. The largest absolute Gasteiger partial charge is 0.342 e. The van der Waals surface area contributed by atoms with E-state index < -0.39 is 23.5 Å². The van der Waals surface area contributed by atoms with Gasteiger partial charge in [-0.1, -0.05) is 51.1 Å². The monoisotopic (exact) mass is 529 g/mol. The molecule has 9 heteroatoms. The third kappa shape index (κ3) is 9.20. The van der Waals surface area contributed by atoms with Gasteiger partial charge in [-0.2, -0.15) is 0 Å². The van der Waals surface area contributed by atoms with E-state index in [0.29, 0.717) is 32.5 Å². The topological polar surface area (TPSA) is 125 Å². The summed E-state index contributed by atoms with van der Waals surface area (Å²) in [5.74, 6) is -0.565. The summed E-state index contributed by atoms with van der Waals surface area (Å²) >= 11 is 0. The van der Waals surface area contributed by atoms with E-state index in [9.17, 15) is 19.2 Å². The van der Waals surface area contributed by atoms with E-state index in [1.807, 2.05) is 56.0 Å². The Labute approximate surface area is 227 Å². The highest BCUT2D eigenvalue weighted by Gasteiger charge is 2.41. The lowest BCUT2D eigenvalue weighted by atomic mass is 9.85. The summed E-state index contributed by atoms with van der Waals surface area (Å²) in [6, 6.07) is 7.85. The van der Waals surface area contributed by atoms with Gasteiger partial charge in [-0.3, -0.25) is 14.4 Å². The van der Waals surface area contributed by atoms with Crippen LogP contribution in [0.2, 0.25) is 0 Å². The highest BCUT2D eigenvalue weighted by atomic mass is 16.2. The zero-order chi connectivity index (χ0) is 28.5. The Kier molecular flexibility index (Phi) is 11.9. The van der Waals surface area contributed by atoms with Gasteiger partial charge in [0.05, 0.1) is 12.1 Å². The van der Waals surface area contributed by atoms with Crippen LogP contribution in [0, 0.1) is 5.41 Å². The fourth-order valence-corrected chi connectivity index (χ4v) is 4.70. The first-order valence-corrected chi connectivity index (χ1v) is 13.7. The molecule has 3 amide bonds. The van der Waals surface area contributed by atoms with Gasteiger partial charge in [0.25, 0.3) is 0 Å². The second-order valence-electron chi connectivity index (χ2n) is 11.5. The summed E-state index contributed by atoms with van der Waals surface area (Å²) in [5, 5.41) is 5.87. The average Bonchev–Trinajstić information content (AvgIpc) is 3.34. The molecule has 2 rings (SSSR count). The van der Waals surface area contributed by atoms with Crippen molar-refractivity contribution in [3.63, 3.8) is 0 Å². The van der Waals surface area contributed by atoms with Crippen molar-refractivity contribution < 1.29 is 19.2 Å². The summed E-state index contributed by atoms with van der Waals surface area (Å²) < 4.78 is 0. The predicted molar refractivity (Wildman–Crippen MR) is 149 cm³/mol. The van der Waals surface area contributed by atoms with Gasteiger partial charge in [-0.05, 0) is 57.6 Å². The van der Waals surface area contributed by atoms with Crippen molar-refractivity contribution in [1.29, 1.82) is 0 Å². The van der Waals surface area contributed by atoms with Crippen molar-refractivity contribution in [1.82, 2.24) is 20.4 Å². The molecule has 1 aliphatic rings. The number of carbonyl (C=O) groups is 4. The van der Waals surface area contributed by atoms with Crippen molar-refractivity contribution in [2.24, 2.45) is 11.1 Å². The molecule has 0 bridgehead atoms. The Hall–Kier alpha value is -2.78. The summed E-state index contributed by atoms with van der Waals surface area (Å²) in [4.78, 5) is 54.9. The zero-order valence-electron chi connectivity index (χ0n) is 24.0. The molecular weight excluding hydrogens is 482 g/mol. The smallest absolute Gasteiger partial charge is 0.246 e. The SMILES string of the molecule is CN[C@@H](C)C(=O)N[C@H](C(=O)N1CCC[C@H]1CN(CCc1ccccc1)C(=O)[C@H](N)CCC(C)=O)C(C)(C)C. The highest BCUT2D eigenvalue weighted by Crippen LogP contribution is 2.26. The number of nitrogens with two attached hydrogens (primary N) is 1. The van der Waals surface area contributed by atoms with Crippen LogP contribution in [0.15, 0.2) is 30.3 Å². The Morgan fingerprint density at radius 2 is 1.82 bits per heavy atom. The number of rotatable bonds is 13. The molecule has 4 atom stereocenters. The summed E-state index contributed by atoms with van der Waals surface area (Å²) in [6.45, 7) is 10.5. The maximum Gasteiger partial charge on any atom is 0.246 e. The molecular formula is C29H47N5O4. The molecule has 1 aromatic carbocycles. The molecule has 1 aliphatic heterocycles. The lowest BCUT2D eigenvalue weighted by molar-refractivity contribution is -0.142. The van der Waals surface area contributed by atoms with Crippen LogP contribution < -0.4 is 16.4 Å². The van der Waals surface area contributed by atoms with Crippen LogP contribution in [0.4, 0.5) is 0 Å². The van der Waals surface area contributed by atoms with Crippen molar-refractivity contribution in [3.05, 3.63) is 35.9 Å². The van der Waals surface area contributed by atoms with Crippen LogP contribution in [-0.4, -0.2) is 84.2 Å². The second-order valence-corrected chi connectivity index (χ2v) is 11.5. The number of nitrogens with zero attached hydrogens (tertiary/aromatic N) is 2. The van der Waals surface area contributed by atoms with Crippen LogP contribution in [0.1, 0.15) is 65.9 Å². The molecule has 0 aliphatic carbocycles. The number of benzene rings is 1. The molecule has 4 N–H and O–H groups in total. The van der Waals surface area contributed by atoms with Gasteiger partial charge in [0, 0.05) is 32.1 Å². The van der Waals surface area contributed by atoms with Gasteiger partial charge in [0.1, 0.15) is 11.8 Å². The molecule has 0 aromatic heterocycles. The summed E-state index contributed by atoms with van der Waals surface area (Å²) in [5.41, 5.74) is 6.84. The molecule has 1 fully saturated rings. The number of Topliss-reactive ketones (excluding diaryl/α,β-unsaturated/α-hetero) is 1. The molecule has 38 heavy (non-hydrogen) atoms. The molecule has 9 nitrogen and oxygen atoms in total. The van der Waals surface area contributed by atoms with Crippen molar-refractivity contribution in [3.8, 4) is 0 Å². The Balaban J connectivity index is 2.22. The lowest BCUT2D eigenvalue weighted by Crippen LogP contribution is -2.59. The number of amides is 3. The molecule has 1 saturated heterocycles. The number of carbonyl (C=O) groups excluding carboxylic acids is 4. The standard InChI is InChI=1S/C29H47N5O4/c1-20(35)14-15-24(30)27(37)33(18-16-22-11-8-7-9-12-22)19-23-13-10-17-34(23)28(38)25(29(3,4)5)32-26(36)21(2)31-6/h7-9,11-12,21,23-25,31H,10,13-19,30H2,1-6H3,(H,32,36)/t21-,23-,24+,25+/m0/s1.